The van der Waals surface area contributed by atoms with Gasteiger partial charge in [0.25, 0.3) is 0 Å². The summed E-state index contributed by atoms with van der Waals surface area (Å²) in [6, 6.07) is 4.92. The fraction of sp³-hybridized carbons (Fsp3) is 0.533. The second-order valence-corrected chi connectivity index (χ2v) is 5.33. The molecule has 0 fully saturated rings. The van der Waals surface area contributed by atoms with E-state index < -0.39 is 0 Å². The summed E-state index contributed by atoms with van der Waals surface area (Å²) >= 11 is 0. The van der Waals surface area contributed by atoms with E-state index in [0.717, 1.165) is 6.54 Å². The van der Waals surface area contributed by atoms with Gasteiger partial charge in [0.05, 0.1) is 6.61 Å². The van der Waals surface area contributed by atoms with E-state index in [2.05, 4.69) is 55.6 Å². The molecule has 1 aliphatic rings. The maximum Gasteiger partial charge on any atom is 0.239 e. The van der Waals surface area contributed by atoms with Gasteiger partial charge in [-0.05, 0) is 38.8 Å². The number of aliphatic hydroxyl groups excluding tert-OH is 1. The highest BCUT2D eigenvalue weighted by atomic mass is 16.3. The molecule has 1 atom stereocenters. The Morgan fingerprint density at radius 1 is 1.28 bits per heavy atom. The molecule has 0 saturated carbocycles. The predicted octanol–water partition coefficient (Wildman–Crippen LogP) is 1.85. The van der Waals surface area contributed by atoms with Crippen molar-refractivity contribution in [3.05, 3.63) is 28.8 Å². The smallest absolute Gasteiger partial charge is 0.239 e. The molecule has 3 nitrogen and oxygen atoms in total. The molecular weight excluding hydrogens is 224 g/mol. The summed E-state index contributed by atoms with van der Waals surface area (Å²) in [5, 5.41) is 9.07. The number of hydrogen-bond acceptors (Lipinski definition) is 2. The van der Waals surface area contributed by atoms with Crippen molar-refractivity contribution in [1.82, 2.24) is 0 Å². The largest absolute Gasteiger partial charge is 0.392 e. The zero-order valence-electron chi connectivity index (χ0n) is 11.8. The lowest BCUT2D eigenvalue weighted by Gasteiger charge is -2.14. The van der Waals surface area contributed by atoms with E-state index >= 15 is 0 Å². The van der Waals surface area contributed by atoms with E-state index in [0.29, 0.717) is 12.6 Å². The van der Waals surface area contributed by atoms with Crippen molar-refractivity contribution in [2.24, 2.45) is 0 Å². The second-order valence-electron chi connectivity index (χ2n) is 5.33. The summed E-state index contributed by atoms with van der Waals surface area (Å²) < 4.78 is 2.21. The summed E-state index contributed by atoms with van der Waals surface area (Å²) in [5.74, 6) is 0. The molecule has 0 aromatic heterocycles. The molecule has 2 rings (SSSR count). The van der Waals surface area contributed by atoms with Crippen LogP contribution in [-0.4, -0.2) is 41.8 Å². The van der Waals surface area contributed by atoms with Gasteiger partial charge in [0.1, 0.15) is 24.8 Å². The SMILES string of the molecule is Cc1cc(C)c(N2C=[N+](CCO)[C@@H](C)C2)c(C)c1. The number of hydrogen-bond donors (Lipinski definition) is 1. The first-order chi connectivity index (χ1) is 8.52. The maximum absolute atomic E-state index is 9.07. The van der Waals surface area contributed by atoms with E-state index in [1.807, 2.05) is 0 Å². The molecule has 1 aromatic carbocycles. The minimum absolute atomic E-state index is 0.209. The first-order valence-corrected chi connectivity index (χ1v) is 6.59. The molecule has 0 saturated heterocycles. The quantitative estimate of drug-likeness (QED) is 0.825. The number of nitrogens with zero attached hydrogens (tertiary/aromatic N) is 2. The number of anilines is 1. The van der Waals surface area contributed by atoms with Gasteiger partial charge in [-0.15, -0.1) is 0 Å². The fourth-order valence-electron chi connectivity index (χ4n) is 2.90. The van der Waals surface area contributed by atoms with Crippen LogP contribution in [0.3, 0.4) is 0 Å². The highest BCUT2D eigenvalue weighted by molar-refractivity contribution is 5.81. The minimum Gasteiger partial charge on any atom is -0.392 e. The molecule has 0 aliphatic carbocycles. The van der Waals surface area contributed by atoms with Crippen molar-refractivity contribution in [3.63, 3.8) is 0 Å². The molecule has 98 valence electrons. The lowest BCUT2D eigenvalue weighted by molar-refractivity contribution is -0.549. The Labute approximate surface area is 109 Å². The van der Waals surface area contributed by atoms with Gasteiger partial charge in [-0.25, -0.2) is 4.90 Å². The number of aryl methyl sites for hydroxylation is 3. The molecule has 1 aromatic rings. The zero-order chi connectivity index (χ0) is 13.3. The van der Waals surface area contributed by atoms with Crippen LogP contribution in [-0.2, 0) is 0 Å². The van der Waals surface area contributed by atoms with Gasteiger partial charge >= 0.3 is 0 Å². The summed E-state index contributed by atoms with van der Waals surface area (Å²) in [5.41, 5.74) is 5.27. The number of benzene rings is 1. The van der Waals surface area contributed by atoms with Crippen molar-refractivity contribution in [3.8, 4) is 0 Å². The Kier molecular flexibility index (Phi) is 3.71. The molecule has 0 spiro atoms. The molecular formula is C15H23N2O+. The third kappa shape index (κ3) is 2.41. The van der Waals surface area contributed by atoms with Gasteiger partial charge in [-0.1, -0.05) is 17.7 Å². The average Bonchev–Trinajstić information content (AvgIpc) is 2.59. The Morgan fingerprint density at radius 2 is 1.89 bits per heavy atom. The monoisotopic (exact) mass is 247 g/mol. The van der Waals surface area contributed by atoms with Crippen LogP contribution in [0.15, 0.2) is 12.1 Å². The van der Waals surface area contributed by atoms with Crippen LogP contribution in [0.5, 0.6) is 0 Å². The molecule has 1 heterocycles. The predicted molar refractivity (Wildman–Crippen MR) is 75.7 cm³/mol. The van der Waals surface area contributed by atoms with Gasteiger partial charge in [0.15, 0.2) is 0 Å². The Balaban J connectivity index is 2.34. The van der Waals surface area contributed by atoms with Gasteiger partial charge in [-0.2, -0.15) is 0 Å². The van der Waals surface area contributed by atoms with E-state index in [4.69, 9.17) is 5.11 Å². The second kappa shape index (κ2) is 5.11. The summed E-state index contributed by atoms with van der Waals surface area (Å²) in [6.07, 6.45) is 2.14. The van der Waals surface area contributed by atoms with Gasteiger partial charge in [0, 0.05) is 0 Å². The van der Waals surface area contributed by atoms with E-state index in [-0.39, 0.29) is 6.61 Å². The van der Waals surface area contributed by atoms with Crippen molar-refractivity contribution >= 4 is 12.0 Å². The number of rotatable bonds is 3. The van der Waals surface area contributed by atoms with Crippen LogP contribution >= 0.6 is 0 Å². The molecule has 18 heavy (non-hydrogen) atoms. The molecule has 0 bridgehead atoms. The first kappa shape index (κ1) is 13.1. The minimum atomic E-state index is 0.209. The van der Waals surface area contributed by atoms with E-state index in [1.165, 1.54) is 22.4 Å². The third-order valence-electron chi connectivity index (χ3n) is 3.60. The van der Waals surface area contributed by atoms with Crippen molar-refractivity contribution in [2.75, 3.05) is 24.6 Å². The summed E-state index contributed by atoms with van der Waals surface area (Å²) in [7, 11) is 0. The topological polar surface area (TPSA) is 26.5 Å². The molecule has 1 aliphatic heterocycles. The standard InChI is InChI=1S/C15H23N2O/c1-11-7-12(2)15(13(3)8-11)17-9-14(4)16(10-17)5-6-18/h7-8,10,14,18H,5-6,9H2,1-4H3/q+1/t14-/m0/s1. The molecule has 0 amide bonds. The molecule has 1 N–H and O–H groups in total. The van der Waals surface area contributed by atoms with Crippen LogP contribution in [0.4, 0.5) is 5.69 Å². The summed E-state index contributed by atoms with van der Waals surface area (Å²) in [4.78, 5) is 2.31. The molecule has 0 unspecified atom stereocenters. The summed E-state index contributed by atoms with van der Waals surface area (Å²) in [6.45, 7) is 10.6. The lowest BCUT2D eigenvalue weighted by atomic mass is 10.0. The normalized spacial score (nSPS) is 19.3. The first-order valence-electron chi connectivity index (χ1n) is 6.59. The Hall–Kier alpha value is -1.35. The molecule has 0 radical (unpaired) electrons. The highest BCUT2D eigenvalue weighted by Crippen LogP contribution is 2.27. The average molecular weight is 247 g/mol. The zero-order valence-corrected chi connectivity index (χ0v) is 11.8. The Bertz CT molecular complexity index is 456. The van der Waals surface area contributed by atoms with Crippen LogP contribution < -0.4 is 4.90 Å². The Morgan fingerprint density at radius 3 is 2.44 bits per heavy atom. The van der Waals surface area contributed by atoms with Gasteiger partial charge < -0.3 is 5.11 Å². The third-order valence-corrected chi connectivity index (χ3v) is 3.60. The maximum atomic E-state index is 9.07. The molecule has 3 heteroatoms. The highest BCUT2D eigenvalue weighted by Gasteiger charge is 2.29. The number of aliphatic hydroxyl groups is 1. The van der Waals surface area contributed by atoms with Crippen LogP contribution in [0, 0.1) is 20.8 Å². The lowest BCUT2D eigenvalue weighted by Crippen LogP contribution is -2.25. The van der Waals surface area contributed by atoms with Crippen molar-refractivity contribution in [2.45, 2.75) is 33.7 Å². The van der Waals surface area contributed by atoms with Gasteiger partial charge in [-0.3, -0.25) is 4.58 Å². The van der Waals surface area contributed by atoms with Crippen molar-refractivity contribution in [1.29, 1.82) is 0 Å². The van der Waals surface area contributed by atoms with E-state index in [1.54, 1.807) is 0 Å². The van der Waals surface area contributed by atoms with Crippen LogP contribution in [0.25, 0.3) is 0 Å². The van der Waals surface area contributed by atoms with Gasteiger partial charge in [0.2, 0.25) is 6.34 Å². The number of β-amino-alcohol motifs (C(OH)–C–C–N with tert-alkyl or cyclic N) is 1. The van der Waals surface area contributed by atoms with Crippen molar-refractivity contribution < 1.29 is 9.68 Å². The fourth-order valence-corrected chi connectivity index (χ4v) is 2.90. The van der Waals surface area contributed by atoms with Crippen LogP contribution in [0.1, 0.15) is 23.6 Å². The van der Waals surface area contributed by atoms with Crippen LogP contribution in [0.2, 0.25) is 0 Å². The van der Waals surface area contributed by atoms with E-state index in [9.17, 15) is 0 Å².